The van der Waals surface area contributed by atoms with Gasteiger partial charge < -0.3 is 5.32 Å². The zero-order valence-corrected chi connectivity index (χ0v) is 13.2. The minimum Gasteiger partial charge on any atom is -0.319 e. The van der Waals surface area contributed by atoms with E-state index in [2.05, 4.69) is 41.4 Å². The van der Waals surface area contributed by atoms with Crippen molar-refractivity contribution in [1.29, 1.82) is 0 Å². The van der Waals surface area contributed by atoms with Gasteiger partial charge in [-0.3, -0.25) is 4.90 Å². The lowest BCUT2D eigenvalue weighted by Gasteiger charge is -2.30. The molecule has 0 bridgehead atoms. The summed E-state index contributed by atoms with van der Waals surface area (Å²) < 4.78 is 0. The second-order valence-electron chi connectivity index (χ2n) is 6.00. The number of rotatable bonds is 6. The van der Waals surface area contributed by atoms with Crippen molar-refractivity contribution in [1.82, 2.24) is 10.2 Å². The molecule has 1 aromatic rings. The van der Waals surface area contributed by atoms with Crippen LogP contribution in [0.2, 0.25) is 0 Å². The highest BCUT2D eigenvalue weighted by Gasteiger charge is 2.20. The van der Waals surface area contributed by atoms with Gasteiger partial charge in [-0.1, -0.05) is 44.0 Å². The quantitative estimate of drug-likeness (QED) is 0.852. The number of likely N-dealkylation sites (N-methyl/N-ethyl adjacent to an activating group) is 1. The van der Waals surface area contributed by atoms with Crippen LogP contribution in [0, 0.1) is 0 Å². The lowest BCUT2D eigenvalue weighted by atomic mass is 10.0. The molecule has 20 heavy (non-hydrogen) atoms. The van der Waals surface area contributed by atoms with Crippen molar-refractivity contribution in [2.24, 2.45) is 0 Å². The molecule has 1 aliphatic heterocycles. The molecule has 0 spiro atoms. The van der Waals surface area contributed by atoms with Crippen LogP contribution in [0.15, 0.2) is 24.3 Å². The largest absolute Gasteiger partial charge is 0.319 e. The molecule has 0 radical (unpaired) electrons. The number of hydrogen-bond donors (Lipinski definition) is 1. The van der Waals surface area contributed by atoms with Crippen LogP contribution >= 0.6 is 0 Å². The summed E-state index contributed by atoms with van der Waals surface area (Å²) in [6.45, 7) is 5.82. The van der Waals surface area contributed by atoms with Crippen molar-refractivity contribution in [2.75, 3.05) is 20.1 Å². The fourth-order valence-corrected chi connectivity index (χ4v) is 3.34. The van der Waals surface area contributed by atoms with Gasteiger partial charge in [0.2, 0.25) is 0 Å². The molecule has 1 aromatic carbocycles. The van der Waals surface area contributed by atoms with Crippen LogP contribution in [-0.2, 0) is 13.0 Å². The molecule has 1 heterocycles. The van der Waals surface area contributed by atoms with Gasteiger partial charge in [0, 0.05) is 12.6 Å². The fourth-order valence-electron chi connectivity index (χ4n) is 3.34. The lowest BCUT2D eigenvalue weighted by molar-refractivity contribution is 0.185. The molecule has 1 saturated heterocycles. The number of hydrogen-bond acceptors (Lipinski definition) is 2. The van der Waals surface area contributed by atoms with Crippen LogP contribution in [0.3, 0.4) is 0 Å². The maximum Gasteiger partial charge on any atom is 0.0239 e. The van der Waals surface area contributed by atoms with Crippen LogP contribution < -0.4 is 5.32 Å². The summed E-state index contributed by atoms with van der Waals surface area (Å²) in [5.74, 6) is 0. The normalized spacial score (nSPS) is 20.8. The molecule has 0 aliphatic carbocycles. The smallest absolute Gasteiger partial charge is 0.0239 e. The zero-order valence-electron chi connectivity index (χ0n) is 13.2. The number of benzene rings is 1. The first-order valence-electron chi connectivity index (χ1n) is 8.30. The van der Waals surface area contributed by atoms with Gasteiger partial charge in [-0.15, -0.1) is 0 Å². The van der Waals surface area contributed by atoms with E-state index in [-0.39, 0.29) is 0 Å². The highest BCUT2D eigenvalue weighted by atomic mass is 15.2. The lowest BCUT2D eigenvalue weighted by Crippen LogP contribution is -2.34. The summed E-state index contributed by atoms with van der Waals surface area (Å²) in [5.41, 5.74) is 3.05. The minimum atomic E-state index is 0.787. The van der Waals surface area contributed by atoms with E-state index in [0.29, 0.717) is 0 Å². The molecule has 1 fully saturated rings. The Kier molecular flexibility index (Phi) is 6.55. The Morgan fingerprint density at radius 2 is 1.95 bits per heavy atom. The maximum atomic E-state index is 3.26. The van der Waals surface area contributed by atoms with Crippen molar-refractivity contribution < 1.29 is 0 Å². The first-order valence-corrected chi connectivity index (χ1v) is 8.30. The molecule has 0 saturated carbocycles. The summed E-state index contributed by atoms with van der Waals surface area (Å²) in [6, 6.07) is 9.77. The van der Waals surface area contributed by atoms with Gasteiger partial charge in [-0.05, 0) is 56.9 Å². The van der Waals surface area contributed by atoms with E-state index in [1.165, 1.54) is 49.8 Å². The van der Waals surface area contributed by atoms with E-state index in [1.54, 1.807) is 0 Å². The molecule has 112 valence electrons. The van der Waals surface area contributed by atoms with E-state index in [1.807, 2.05) is 7.05 Å². The molecular formula is C18H30N2. The van der Waals surface area contributed by atoms with Crippen molar-refractivity contribution in [3.8, 4) is 0 Å². The first kappa shape index (κ1) is 15.5. The van der Waals surface area contributed by atoms with Crippen LogP contribution in [0.5, 0.6) is 0 Å². The molecule has 2 heteroatoms. The Morgan fingerprint density at radius 3 is 2.70 bits per heavy atom. The second-order valence-corrected chi connectivity index (χ2v) is 6.00. The van der Waals surface area contributed by atoms with E-state index in [0.717, 1.165) is 25.6 Å². The third-order valence-electron chi connectivity index (χ3n) is 4.61. The predicted octanol–water partition coefficient (Wildman–Crippen LogP) is 3.60. The third-order valence-corrected chi connectivity index (χ3v) is 4.61. The van der Waals surface area contributed by atoms with E-state index in [4.69, 9.17) is 0 Å². The molecule has 1 aliphatic rings. The highest BCUT2D eigenvalue weighted by molar-refractivity contribution is 5.27. The van der Waals surface area contributed by atoms with E-state index in [9.17, 15) is 0 Å². The van der Waals surface area contributed by atoms with Gasteiger partial charge in [0.05, 0.1) is 0 Å². The van der Waals surface area contributed by atoms with Crippen LogP contribution in [-0.4, -0.2) is 31.1 Å². The van der Waals surface area contributed by atoms with Gasteiger partial charge >= 0.3 is 0 Å². The van der Waals surface area contributed by atoms with E-state index >= 15 is 0 Å². The maximum absolute atomic E-state index is 3.26. The van der Waals surface area contributed by atoms with Crippen LogP contribution in [0.1, 0.15) is 50.2 Å². The molecule has 1 N–H and O–H groups in total. The van der Waals surface area contributed by atoms with Crippen molar-refractivity contribution in [3.05, 3.63) is 35.4 Å². The van der Waals surface area contributed by atoms with Crippen LogP contribution in [0.4, 0.5) is 0 Å². The standard InChI is InChI=1S/C18H30N2/c1-3-18-11-5-4-8-14-20(18)15-17-10-7-6-9-16(17)12-13-19-2/h6-7,9-10,18-19H,3-5,8,11-15H2,1-2H3. The van der Waals surface area contributed by atoms with Gasteiger partial charge in [-0.2, -0.15) is 0 Å². The second kappa shape index (κ2) is 8.43. The average Bonchev–Trinajstić information content (AvgIpc) is 2.71. The highest BCUT2D eigenvalue weighted by Crippen LogP contribution is 2.22. The Hall–Kier alpha value is -0.860. The summed E-state index contributed by atoms with van der Waals surface area (Å²) in [7, 11) is 2.03. The Labute approximate surface area is 124 Å². The molecule has 2 rings (SSSR count). The average molecular weight is 274 g/mol. The van der Waals surface area contributed by atoms with Gasteiger partial charge in [-0.25, -0.2) is 0 Å². The van der Waals surface area contributed by atoms with Crippen molar-refractivity contribution in [3.63, 3.8) is 0 Å². The molecule has 2 nitrogen and oxygen atoms in total. The molecule has 1 unspecified atom stereocenters. The third kappa shape index (κ3) is 4.32. The Balaban J connectivity index is 2.06. The molecule has 0 aromatic heterocycles. The van der Waals surface area contributed by atoms with Gasteiger partial charge in [0.1, 0.15) is 0 Å². The van der Waals surface area contributed by atoms with E-state index < -0.39 is 0 Å². The molecule has 0 amide bonds. The fraction of sp³-hybridized carbons (Fsp3) is 0.667. The summed E-state index contributed by atoms with van der Waals surface area (Å²) in [6.07, 6.45) is 8.01. The summed E-state index contributed by atoms with van der Waals surface area (Å²) >= 11 is 0. The minimum absolute atomic E-state index is 0.787. The molecular weight excluding hydrogens is 244 g/mol. The number of nitrogens with one attached hydrogen (secondary N) is 1. The molecule has 1 atom stereocenters. The van der Waals surface area contributed by atoms with Gasteiger partial charge in [0.25, 0.3) is 0 Å². The number of likely N-dealkylation sites (tertiary alicyclic amines) is 1. The Morgan fingerprint density at radius 1 is 1.15 bits per heavy atom. The number of nitrogens with zero attached hydrogens (tertiary/aromatic N) is 1. The predicted molar refractivity (Wildman–Crippen MR) is 87.0 cm³/mol. The monoisotopic (exact) mass is 274 g/mol. The zero-order chi connectivity index (χ0) is 14.2. The summed E-state index contributed by atoms with van der Waals surface area (Å²) in [4.78, 5) is 2.73. The van der Waals surface area contributed by atoms with Gasteiger partial charge in [0.15, 0.2) is 0 Å². The SMILES string of the molecule is CCC1CCCCCN1Cc1ccccc1CCNC. The van der Waals surface area contributed by atoms with Crippen molar-refractivity contribution in [2.45, 2.75) is 58.0 Å². The Bertz CT molecular complexity index is 389. The first-order chi connectivity index (χ1) is 9.85. The summed E-state index contributed by atoms with van der Waals surface area (Å²) in [5, 5.41) is 3.26. The van der Waals surface area contributed by atoms with Crippen molar-refractivity contribution >= 4 is 0 Å². The van der Waals surface area contributed by atoms with Crippen LogP contribution in [0.25, 0.3) is 0 Å². The topological polar surface area (TPSA) is 15.3 Å².